The van der Waals surface area contributed by atoms with Crippen molar-refractivity contribution in [1.82, 2.24) is 4.31 Å². The Balaban J connectivity index is 2.00. The van der Waals surface area contributed by atoms with Crippen LogP contribution < -0.4 is 4.74 Å². The maximum absolute atomic E-state index is 13.2. The summed E-state index contributed by atoms with van der Waals surface area (Å²) >= 11 is 0. The summed E-state index contributed by atoms with van der Waals surface area (Å²) in [4.78, 5) is 0.171. The Labute approximate surface area is 153 Å². The second kappa shape index (κ2) is 7.36. The van der Waals surface area contributed by atoms with Crippen LogP contribution in [-0.2, 0) is 10.0 Å². The molecule has 3 rings (SSSR count). The number of piperidine rings is 1. The zero-order valence-corrected chi connectivity index (χ0v) is 15.6. The molecule has 1 heterocycles. The van der Waals surface area contributed by atoms with Gasteiger partial charge in [-0.2, -0.15) is 4.31 Å². The molecule has 2 aromatic rings. The highest BCUT2D eigenvalue weighted by Crippen LogP contribution is 2.36. The van der Waals surface area contributed by atoms with Crippen molar-refractivity contribution in [2.45, 2.75) is 36.5 Å². The first-order valence-electron chi connectivity index (χ1n) is 8.41. The van der Waals surface area contributed by atoms with Gasteiger partial charge in [0, 0.05) is 6.54 Å². The molecule has 0 unspecified atom stereocenters. The lowest BCUT2D eigenvalue weighted by molar-refractivity contribution is -0.0379. The standard InChI is InChI=1S/C19H23NO5S/c1-13-3-9-16(10-4-13)26(23,24)20-12-19(22)18(21)11-17(20)14-5-7-15(25-2)8-6-14/h3-10,17-19,21-22H,11-12H2,1-2H3/t17-,18+,19-/m1/s1. The number of aliphatic hydroxyl groups is 2. The molecule has 1 fully saturated rings. The molecule has 1 aliphatic heterocycles. The lowest BCUT2D eigenvalue weighted by atomic mass is 9.94. The van der Waals surface area contributed by atoms with Gasteiger partial charge in [-0.05, 0) is 43.2 Å². The highest BCUT2D eigenvalue weighted by Gasteiger charge is 2.41. The van der Waals surface area contributed by atoms with Gasteiger partial charge in [-0.3, -0.25) is 0 Å². The van der Waals surface area contributed by atoms with Crippen LogP contribution in [0.5, 0.6) is 5.75 Å². The predicted molar refractivity (Wildman–Crippen MR) is 97.4 cm³/mol. The summed E-state index contributed by atoms with van der Waals surface area (Å²) in [5.41, 5.74) is 1.71. The van der Waals surface area contributed by atoms with Crippen LogP contribution in [0.4, 0.5) is 0 Å². The lowest BCUT2D eigenvalue weighted by Crippen LogP contribution is -2.50. The number of methoxy groups -OCH3 is 1. The maximum Gasteiger partial charge on any atom is 0.243 e. The molecular weight excluding hydrogens is 354 g/mol. The van der Waals surface area contributed by atoms with E-state index < -0.39 is 28.3 Å². The Kier molecular flexibility index (Phi) is 5.34. The van der Waals surface area contributed by atoms with Crippen LogP contribution in [0, 0.1) is 6.92 Å². The third-order valence-electron chi connectivity index (χ3n) is 4.75. The molecule has 2 N–H and O–H groups in total. The van der Waals surface area contributed by atoms with Crippen LogP contribution in [0.1, 0.15) is 23.6 Å². The van der Waals surface area contributed by atoms with Crippen LogP contribution in [0.2, 0.25) is 0 Å². The highest BCUT2D eigenvalue weighted by molar-refractivity contribution is 7.89. The van der Waals surface area contributed by atoms with Crippen molar-refractivity contribution in [3.8, 4) is 5.75 Å². The topological polar surface area (TPSA) is 87.1 Å². The molecule has 0 saturated carbocycles. The fourth-order valence-corrected chi connectivity index (χ4v) is 4.82. The van der Waals surface area contributed by atoms with Crippen LogP contribution in [-0.4, -0.2) is 48.8 Å². The normalized spacial score (nSPS) is 24.4. The van der Waals surface area contributed by atoms with Crippen molar-refractivity contribution < 1.29 is 23.4 Å². The van der Waals surface area contributed by atoms with E-state index in [0.29, 0.717) is 5.75 Å². The number of benzene rings is 2. The van der Waals surface area contributed by atoms with Crippen molar-refractivity contribution in [2.24, 2.45) is 0 Å². The average Bonchev–Trinajstić information content (AvgIpc) is 2.64. The Morgan fingerprint density at radius 3 is 2.19 bits per heavy atom. The van der Waals surface area contributed by atoms with Gasteiger partial charge in [-0.1, -0.05) is 29.8 Å². The monoisotopic (exact) mass is 377 g/mol. The van der Waals surface area contributed by atoms with E-state index in [-0.39, 0.29) is 17.9 Å². The van der Waals surface area contributed by atoms with Gasteiger partial charge in [-0.15, -0.1) is 0 Å². The Bertz CT molecular complexity index is 849. The van der Waals surface area contributed by atoms with Gasteiger partial charge in [0.15, 0.2) is 0 Å². The largest absolute Gasteiger partial charge is 0.497 e. The molecule has 3 atom stereocenters. The number of β-amino-alcohol motifs (C(OH)–C–C–N with tert-alkyl or cyclic N) is 1. The zero-order valence-electron chi connectivity index (χ0n) is 14.7. The molecular formula is C19H23NO5S. The molecule has 7 heteroatoms. The molecule has 0 spiro atoms. The van der Waals surface area contributed by atoms with E-state index in [4.69, 9.17) is 4.74 Å². The molecule has 0 amide bonds. The van der Waals surface area contributed by atoms with Gasteiger partial charge < -0.3 is 14.9 Å². The summed E-state index contributed by atoms with van der Waals surface area (Å²) in [7, 11) is -2.26. The van der Waals surface area contributed by atoms with Gasteiger partial charge in [0.1, 0.15) is 5.75 Å². The highest BCUT2D eigenvalue weighted by atomic mass is 32.2. The molecule has 0 radical (unpaired) electrons. The SMILES string of the molecule is COc1ccc([C@H]2C[C@H](O)[C@H](O)CN2S(=O)(=O)c2ccc(C)cc2)cc1. The van der Waals surface area contributed by atoms with Gasteiger partial charge >= 0.3 is 0 Å². The molecule has 0 bridgehead atoms. The van der Waals surface area contributed by atoms with Crippen LogP contribution in [0.25, 0.3) is 0 Å². The number of aliphatic hydroxyl groups excluding tert-OH is 2. The first-order valence-corrected chi connectivity index (χ1v) is 9.85. The second-order valence-corrected chi connectivity index (χ2v) is 8.44. The maximum atomic E-state index is 13.2. The average molecular weight is 377 g/mol. The van der Waals surface area contributed by atoms with Gasteiger partial charge in [0.25, 0.3) is 0 Å². The zero-order chi connectivity index (χ0) is 18.9. The Morgan fingerprint density at radius 1 is 1.00 bits per heavy atom. The van der Waals surface area contributed by atoms with Crippen molar-refractivity contribution >= 4 is 10.0 Å². The first-order chi connectivity index (χ1) is 12.3. The number of aryl methyl sites for hydroxylation is 1. The molecule has 26 heavy (non-hydrogen) atoms. The van der Waals surface area contributed by atoms with Crippen molar-refractivity contribution in [1.29, 1.82) is 0 Å². The minimum atomic E-state index is -3.82. The number of rotatable bonds is 4. The summed E-state index contributed by atoms with van der Waals surface area (Å²) < 4.78 is 32.8. The molecule has 0 aliphatic carbocycles. The van der Waals surface area contributed by atoms with E-state index in [1.807, 2.05) is 6.92 Å². The Hall–Kier alpha value is -1.93. The fourth-order valence-electron chi connectivity index (χ4n) is 3.18. The van der Waals surface area contributed by atoms with Crippen LogP contribution in [0.3, 0.4) is 0 Å². The number of hydrogen-bond acceptors (Lipinski definition) is 5. The van der Waals surface area contributed by atoms with Gasteiger partial charge in [0.05, 0.1) is 30.3 Å². The van der Waals surface area contributed by atoms with E-state index in [1.54, 1.807) is 55.6 Å². The summed E-state index contributed by atoms with van der Waals surface area (Å²) in [5, 5.41) is 20.2. The minimum absolute atomic E-state index is 0.124. The molecule has 1 aliphatic rings. The van der Waals surface area contributed by atoms with E-state index >= 15 is 0 Å². The van der Waals surface area contributed by atoms with E-state index in [9.17, 15) is 18.6 Å². The van der Waals surface area contributed by atoms with Crippen molar-refractivity contribution in [2.75, 3.05) is 13.7 Å². The third-order valence-corrected chi connectivity index (χ3v) is 6.64. The number of sulfonamides is 1. The summed E-state index contributed by atoms with van der Waals surface area (Å²) in [6.07, 6.45) is -1.98. The van der Waals surface area contributed by atoms with Gasteiger partial charge in [-0.25, -0.2) is 8.42 Å². The summed E-state index contributed by atoms with van der Waals surface area (Å²) in [5.74, 6) is 0.665. The third kappa shape index (κ3) is 3.61. The second-order valence-electron chi connectivity index (χ2n) is 6.55. The lowest BCUT2D eigenvalue weighted by Gasteiger charge is -2.39. The molecule has 1 saturated heterocycles. The van der Waals surface area contributed by atoms with Crippen molar-refractivity contribution in [3.05, 3.63) is 59.7 Å². The van der Waals surface area contributed by atoms with Crippen molar-refractivity contribution in [3.63, 3.8) is 0 Å². The summed E-state index contributed by atoms with van der Waals surface area (Å²) in [6, 6.07) is 13.1. The first kappa shape index (κ1) is 18.8. The van der Waals surface area contributed by atoms with E-state index in [2.05, 4.69) is 0 Å². The Morgan fingerprint density at radius 2 is 1.62 bits per heavy atom. The van der Waals surface area contributed by atoms with E-state index in [0.717, 1.165) is 11.1 Å². The number of hydrogen-bond donors (Lipinski definition) is 2. The van der Waals surface area contributed by atoms with Crippen LogP contribution in [0.15, 0.2) is 53.4 Å². The smallest absolute Gasteiger partial charge is 0.243 e. The fraction of sp³-hybridized carbons (Fsp3) is 0.368. The van der Waals surface area contributed by atoms with Gasteiger partial charge in [0.2, 0.25) is 10.0 Å². The molecule has 6 nitrogen and oxygen atoms in total. The molecule has 140 valence electrons. The number of nitrogens with zero attached hydrogens (tertiary/aromatic N) is 1. The molecule has 2 aromatic carbocycles. The quantitative estimate of drug-likeness (QED) is 0.849. The number of ether oxygens (including phenoxy) is 1. The minimum Gasteiger partial charge on any atom is -0.497 e. The van der Waals surface area contributed by atoms with E-state index in [1.165, 1.54) is 4.31 Å². The molecule has 0 aromatic heterocycles. The van der Waals surface area contributed by atoms with Crippen LogP contribution >= 0.6 is 0 Å². The predicted octanol–water partition coefficient (Wildman–Crippen LogP) is 1.86. The summed E-state index contributed by atoms with van der Waals surface area (Å²) in [6.45, 7) is 1.73.